The third-order valence-electron chi connectivity index (χ3n) is 4.27. The molecule has 1 aliphatic heterocycles. The molecule has 6 heteroatoms. The summed E-state index contributed by atoms with van der Waals surface area (Å²) in [5.41, 5.74) is 1.52. The number of anilines is 1. The van der Waals surface area contributed by atoms with Crippen LogP contribution in [0.5, 0.6) is 5.75 Å². The molecule has 136 valence electrons. The first-order valence-corrected chi connectivity index (χ1v) is 8.66. The van der Waals surface area contributed by atoms with Crippen molar-refractivity contribution < 1.29 is 18.7 Å². The third kappa shape index (κ3) is 4.08. The molecule has 1 atom stereocenters. The maximum atomic E-state index is 12.9. The molecule has 1 unspecified atom stereocenters. The molecule has 0 bridgehead atoms. The molecule has 1 aliphatic rings. The summed E-state index contributed by atoms with van der Waals surface area (Å²) in [4.78, 5) is 26.1. The maximum Gasteiger partial charge on any atom is 0.251 e. The Kier molecular flexibility index (Phi) is 5.63. The Morgan fingerprint density at radius 3 is 2.46 bits per heavy atom. The van der Waals surface area contributed by atoms with E-state index < -0.39 is 6.04 Å². The molecule has 0 aromatic heterocycles. The fourth-order valence-corrected chi connectivity index (χ4v) is 2.96. The van der Waals surface area contributed by atoms with Crippen LogP contribution in [0.25, 0.3) is 0 Å². The zero-order valence-corrected chi connectivity index (χ0v) is 14.6. The van der Waals surface area contributed by atoms with E-state index >= 15 is 0 Å². The van der Waals surface area contributed by atoms with Crippen LogP contribution in [-0.4, -0.2) is 31.0 Å². The van der Waals surface area contributed by atoms with Gasteiger partial charge in [-0.1, -0.05) is 12.1 Å². The average Bonchev–Trinajstić information content (AvgIpc) is 2.92. The summed E-state index contributed by atoms with van der Waals surface area (Å²) >= 11 is 0. The van der Waals surface area contributed by atoms with E-state index in [0.29, 0.717) is 31.0 Å². The van der Waals surface area contributed by atoms with Crippen molar-refractivity contribution in [3.63, 3.8) is 0 Å². The van der Waals surface area contributed by atoms with Gasteiger partial charge >= 0.3 is 0 Å². The number of hydrogen-bond donors (Lipinski definition) is 1. The van der Waals surface area contributed by atoms with Crippen LogP contribution in [0.15, 0.2) is 48.5 Å². The van der Waals surface area contributed by atoms with Gasteiger partial charge < -0.3 is 10.1 Å². The van der Waals surface area contributed by atoms with Crippen LogP contribution in [0.2, 0.25) is 0 Å². The van der Waals surface area contributed by atoms with Crippen LogP contribution in [0, 0.1) is 5.82 Å². The highest BCUT2D eigenvalue weighted by molar-refractivity contribution is 6.22. The minimum absolute atomic E-state index is 0.134. The molecule has 0 spiro atoms. The lowest BCUT2D eigenvalue weighted by Crippen LogP contribution is -2.39. The summed E-state index contributed by atoms with van der Waals surface area (Å²) in [6, 6.07) is 12.6. The summed E-state index contributed by atoms with van der Waals surface area (Å²) in [7, 11) is 0. The number of hydrogen-bond acceptors (Lipinski definition) is 4. The normalized spacial score (nSPS) is 17.0. The third-order valence-corrected chi connectivity index (χ3v) is 4.27. The highest BCUT2D eigenvalue weighted by Gasteiger charge is 2.39. The molecular weight excluding hydrogens is 335 g/mol. The van der Waals surface area contributed by atoms with E-state index in [9.17, 15) is 14.0 Å². The maximum absolute atomic E-state index is 12.9. The quantitative estimate of drug-likeness (QED) is 0.775. The SMILES string of the molecule is CCOc1ccc(N2C(=O)CC(NCCc3ccc(F)cc3)C2=O)cc1. The van der Waals surface area contributed by atoms with Crippen LogP contribution in [0.4, 0.5) is 10.1 Å². The van der Waals surface area contributed by atoms with Crippen LogP contribution < -0.4 is 15.0 Å². The van der Waals surface area contributed by atoms with Crippen molar-refractivity contribution in [2.24, 2.45) is 0 Å². The van der Waals surface area contributed by atoms with E-state index in [2.05, 4.69) is 5.32 Å². The minimum Gasteiger partial charge on any atom is -0.494 e. The summed E-state index contributed by atoms with van der Waals surface area (Å²) in [5.74, 6) is -0.0506. The van der Waals surface area contributed by atoms with Gasteiger partial charge in [0, 0.05) is 0 Å². The number of amides is 2. The first kappa shape index (κ1) is 18.1. The Hall–Kier alpha value is -2.73. The van der Waals surface area contributed by atoms with Gasteiger partial charge in [-0.2, -0.15) is 0 Å². The number of ether oxygens (including phenoxy) is 1. The lowest BCUT2D eigenvalue weighted by molar-refractivity contribution is -0.121. The Morgan fingerprint density at radius 1 is 1.12 bits per heavy atom. The van der Waals surface area contributed by atoms with Crippen molar-refractivity contribution in [2.75, 3.05) is 18.1 Å². The van der Waals surface area contributed by atoms with Gasteiger partial charge in [-0.3, -0.25) is 9.59 Å². The van der Waals surface area contributed by atoms with Crippen LogP contribution >= 0.6 is 0 Å². The van der Waals surface area contributed by atoms with E-state index in [1.165, 1.54) is 17.0 Å². The Bertz CT molecular complexity index is 775. The molecule has 2 aromatic rings. The van der Waals surface area contributed by atoms with Crippen molar-refractivity contribution in [3.8, 4) is 5.75 Å². The van der Waals surface area contributed by atoms with Gasteiger partial charge in [0.25, 0.3) is 5.91 Å². The van der Waals surface area contributed by atoms with Crippen molar-refractivity contribution in [2.45, 2.75) is 25.8 Å². The standard InChI is InChI=1S/C20H21FN2O3/c1-2-26-17-9-7-16(8-10-17)23-19(24)13-18(20(23)25)22-12-11-14-3-5-15(21)6-4-14/h3-10,18,22H,2,11-13H2,1H3. The zero-order valence-electron chi connectivity index (χ0n) is 14.6. The molecule has 0 radical (unpaired) electrons. The van der Waals surface area contributed by atoms with Gasteiger partial charge in [0.15, 0.2) is 0 Å². The second-order valence-corrected chi connectivity index (χ2v) is 6.08. The van der Waals surface area contributed by atoms with Gasteiger partial charge in [0.05, 0.1) is 24.8 Å². The predicted molar refractivity (Wildman–Crippen MR) is 96.6 cm³/mol. The second-order valence-electron chi connectivity index (χ2n) is 6.08. The van der Waals surface area contributed by atoms with Crippen LogP contribution in [-0.2, 0) is 16.0 Å². The Labute approximate surface area is 151 Å². The highest BCUT2D eigenvalue weighted by Crippen LogP contribution is 2.25. The molecule has 1 fully saturated rings. The van der Waals surface area contributed by atoms with Gasteiger partial charge in [-0.15, -0.1) is 0 Å². The first-order chi connectivity index (χ1) is 12.6. The van der Waals surface area contributed by atoms with Crippen LogP contribution in [0.1, 0.15) is 18.9 Å². The fourth-order valence-electron chi connectivity index (χ4n) is 2.96. The van der Waals surface area contributed by atoms with Gasteiger partial charge in [-0.05, 0) is 61.9 Å². The van der Waals surface area contributed by atoms with Crippen molar-refractivity contribution in [3.05, 3.63) is 59.9 Å². The monoisotopic (exact) mass is 356 g/mol. The fraction of sp³-hybridized carbons (Fsp3) is 0.300. The summed E-state index contributed by atoms with van der Waals surface area (Å²) in [6.07, 6.45) is 0.788. The van der Waals surface area contributed by atoms with Crippen molar-refractivity contribution in [1.82, 2.24) is 5.32 Å². The lowest BCUT2D eigenvalue weighted by Gasteiger charge is -2.16. The molecule has 1 heterocycles. The molecule has 2 amide bonds. The van der Waals surface area contributed by atoms with E-state index in [0.717, 1.165) is 5.56 Å². The van der Waals surface area contributed by atoms with Gasteiger partial charge in [0.1, 0.15) is 11.6 Å². The molecule has 2 aromatic carbocycles. The molecular formula is C20H21FN2O3. The number of carbonyl (C=O) groups is 2. The van der Waals surface area contributed by atoms with Crippen molar-refractivity contribution in [1.29, 1.82) is 0 Å². The number of nitrogens with zero attached hydrogens (tertiary/aromatic N) is 1. The Balaban J connectivity index is 1.58. The molecule has 26 heavy (non-hydrogen) atoms. The first-order valence-electron chi connectivity index (χ1n) is 8.66. The molecule has 0 aliphatic carbocycles. The molecule has 0 saturated carbocycles. The van der Waals surface area contributed by atoms with E-state index in [-0.39, 0.29) is 24.1 Å². The smallest absolute Gasteiger partial charge is 0.251 e. The highest BCUT2D eigenvalue weighted by atomic mass is 19.1. The minimum atomic E-state index is -0.533. The number of nitrogens with one attached hydrogen (secondary N) is 1. The van der Waals surface area contributed by atoms with Crippen molar-refractivity contribution >= 4 is 17.5 Å². The number of carbonyl (C=O) groups excluding carboxylic acids is 2. The number of benzene rings is 2. The van der Waals surface area contributed by atoms with Crippen LogP contribution in [0.3, 0.4) is 0 Å². The van der Waals surface area contributed by atoms with E-state index in [4.69, 9.17) is 4.74 Å². The number of halogens is 1. The second kappa shape index (κ2) is 8.10. The molecule has 3 rings (SSSR count). The summed E-state index contributed by atoms with van der Waals surface area (Å²) < 4.78 is 18.3. The topological polar surface area (TPSA) is 58.6 Å². The average molecular weight is 356 g/mol. The number of rotatable bonds is 7. The van der Waals surface area contributed by atoms with Gasteiger partial charge in [-0.25, -0.2) is 9.29 Å². The largest absolute Gasteiger partial charge is 0.494 e. The lowest BCUT2D eigenvalue weighted by atomic mass is 10.1. The Morgan fingerprint density at radius 2 is 1.81 bits per heavy atom. The molecule has 1 saturated heterocycles. The predicted octanol–water partition coefficient (Wildman–Crippen LogP) is 2.69. The molecule has 1 N–H and O–H groups in total. The van der Waals surface area contributed by atoms with E-state index in [1.807, 2.05) is 6.92 Å². The van der Waals surface area contributed by atoms with E-state index in [1.54, 1.807) is 36.4 Å². The zero-order chi connectivity index (χ0) is 18.5. The van der Waals surface area contributed by atoms with Gasteiger partial charge in [0.2, 0.25) is 5.91 Å². The molecule has 5 nitrogen and oxygen atoms in total. The summed E-state index contributed by atoms with van der Waals surface area (Å²) in [5, 5.41) is 3.13. The summed E-state index contributed by atoms with van der Waals surface area (Å²) in [6.45, 7) is 2.98. The number of imide groups is 1.